The average Bonchev–Trinajstić information content (AvgIpc) is 2.53. The summed E-state index contributed by atoms with van der Waals surface area (Å²) >= 11 is 6.07. The molecule has 4 N–H and O–H groups in total. The van der Waals surface area contributed by atoms with Crippen LogP contribution in [0.2, 0.25) is 5.15 Å². The van der Waals surface area contributed by atoms with E-state index in [4.69, 9.17) is 22.1 Å². The minimum absolute atomic E-state index is 0.107. The molecule has 0 spiro atoms. The van der Waals surface area contributed by atoms with Gasteiger partial charge in [0.05, 0.1) is 22.5 Å². The molecule has 1 aromatic carbocycles. The number of aromatic nitrogens is 1. The molecule has 3 rings (SSSR count). The van der Waals surface area contributed by atoms with E-state index in [-0.39, 0.29) is 27.9 Å². The summed E-state index contributed by atoms with van der Waals surface area (Å²) in [5.74, 6) is -0.333. The molecule has 7 nitrogen and oxygen atoms in total. The van der Waals surface area contributed by atoms with Gasteiger partial charge in [-0.2, -0.15) is 0 Å². The molecular weight excluding hydrogens is 320 g/mol. The fourth-order valence-corrected chi connectivity index (χ4v) is 2.48. The Morgan fingerprint density at radius 2 is 2.13 bits per heavy atom. The Bertz CT molecular complexity index is 823. The third-order valence-corrected chi connectivity index (χ3v) is 3.60. The number of carbonyl (C=O) groups is 2. The zero-order valence-electron chi connectivity index (χ0n) is 12.1. The standard InChI is InChI=1S/C15H13ClN4O3/c1-2-18-15(22)8-6-19-13(16)12-11(8)20-10-7(14(17)21)4-3-5-9(10)23-12/h3-6,20H,2H2,1H3,(H2,17,21)(H,18,22). The summed E-state index contributed by atoms with van der Waals surface area (Å²) in [6.45, 7) is 2.26. The number of carbonyl (C=O) groups excluding carboxylic acids is 2. The summed E-state index contributed by atoms with van der Waals surface area (Å²) < 4.78 is 5.72. The van der Waals surface area contributed by atoms with E-state index >= 15 is 0 Å². The number of benzene rings is 1. The lowest BCUT2D eigenvalue weighted by Crippen LogP contribution is -2.25. The SMILES string of the molecule is CCNC(=O)c1cnc(Cl)c2c1Nc1c(cccc1C(N)=O)O2. The Morgan fingerprint density at radius 1 is 1.35 bits per heavy atom. The highest BCUT2D eigenvalue weighted by Crippen LogP contribution is 2.47. The Labute approximate surface area is 136 Å². The van der Waals surface area contributed by atoms with E-state index in [2.05, 4.69) is 15.6 Å². The van der Waals surface area contributed by atoms with Gasteiger partial charge in [-0.3, -0.25) is 9.59 Å². The molecule has 0 atom stereocenters. The lowest BCUT2D eigenvalue weighted by Gasteiger charge is -2.25. The lowest BCUT2D eigenvalue weighted by molar-refractivity contribution is 0.0955. The van der Waals surface area contributed by atoms with Gasteiger partial charge in [0.15, 0.2) is 16.7 Å². The van der Waals surface area contributed by atoms with E-state index < -0.39 is 5.91 Å². The van der Waals surface area contributed by atoms with Crippen LogP contribution in [0.1, 0.15) is 27.6 Å². The molecule has 2 amide bonds. The Kier molecular flexibility index (Phi) is 3.79. The van der Waals surface area contributed by atoms with Crippen LogP contribution in [0.25, 0.3) is 0 Å². The number of primary amides is 1. The highest BCUT2D eigenvalue weighted by Gasteiger charge is 2.28. The third-order valence-electron chi connectivity index (χ3n) is 3.33. The molecule has 0 unspecified atom stereocenters. The normalized spacial score (nSPS) is 11.6. The first-order chi connectivity index (χ1) is 11.0. The maximum atomic E-state index is 12.2. The van der Waals surface area contributed by atoms with Gasteiger partial charge in [-0.25, -0.2) is 4.98 Å². The summed E-state index contributed by atoms with van der Waals surface area (Å²) in [5, 5.41) is 5.82. The van der Waals surface area contributed by atoms with Gasteiger partial charge in [0.25, 0.3) is 11.8 Å². The number of nitrogens with zero attached hydrogens (tertiary/aromatic N) is 1. The number of amides is 2. The number of anilines is 2. The molecule has 0 fully saturated rings. The molecule has 23 heavy (non-hydrogen) atoms. The molecule has 0 radical (unpaired) electrons. The van der Waals surface area contributed by atoms with Crippen molar-refractivity contribution in [3.63, 3.8) is 0 Å². The third kappa shape index (κ3) is 2.55. The molecule has 0 bridgehead atoms. The number of hydrogen-bond acceptors (Lipinski definition) is 5. The Balaban J connectivity index is 2.15. The smallest absolute Gasteiger partial charge is 0.255 e. The monoisotopic (exact) mass is 332 g/mol. The second kappa shape index (κ2) is 5.77. The van der Waals surface area contributed by atoms with Gasteiger partial charge in [0, 0.05) is 12.7 Å². The molecule has 0 saturated heterocycles. The largest absolute Gasteiger partial charge is 0.450 e. The first-order valence-electron chi connectivity index (χ1n) is 6.87. The topological polar surface area (TPSA) is 106 Å². The first-order valence-corrected chi connectivity index (χ1v) is 7.25. The minimum atomic E-state index is -0.610. The first kappa shape index (κ1) is 15.1. The number of nitrogens with two attached hydrogens (primary N) is 1. The average molecular weight is 333 g/mol. The van der Waals surface area contributed by atoms with Crippen molar-refractivity contribution in [1.29, 1.82) is 0 Å². The number of rotatable bonds is 3. The van der Waals surface area contributed by atoms with Gasteiger partial charge >= 0.3 is 0 Å². The number of halogens is 1. The number of fused-ring (bicyclic) bond motifs is 2. The van der Waals surface area contributed by atoms with Crippen molar-refractivity contribution in [3.05, 3.63) is 40.7 Å². The quantitative estimate of drug-likeness (QED) is 0.639. The van der Waals surface area contributed by atoms with Gasteiger partial charge in [-0.1, -0.05) is 17.7 Å². The van der Waals surface area contributed by atoms with Crippen LogP contribution < -0.4 is 21.1 Å². The van der Waals surface area contributed by atoms with Crippen LogP contribution in [0, 0.1) is 0 Å². The zero-order chi connectivity index (χ0) is 16.6. The van der Waals surface area contributed by atoms with E-state index in [9.17, 15) is 9.59 Å². The maximum absolute atomic E-state index is 12.2. The second-order valence-corrected chi connectivity index (χ2v) is 5.15. The molecule has 2 aromatic rings. The van der Waals surface area contributed by atoms with E-state index in [1.165, 1.54) is 6.20 Å². The number of pyridine rings is 1. The molecule has 118 valence electrons. The predicted octanol–water partition coefficient (Wildman–Crippen LogP) is 2.43. The molecule has 2 heterocycles. The molecule has 8 heteroatoms. The maximum Gasteiger partial charge on any atom is 0.255 e. The van der Waals surface area contributed by atoms with Crippen LogP contribution in [0.5, 0.6) is 11.5 Å². The lowest BCUT2D eigenvalue weighted by atomic mass is 10.1. The van der Waals surface area contributed by atoms with Crippen LogP contribution >= 0.6 is 11.6 Å². The van der Waals surface area contributed by atoms with Crippen molar-refractivity contribution >= 4 is 34.8 Å². The molecule has 1 aliphatic heterocycles. The Hall–Kier alpha value is -2.80. The van der Waals surface area contributed by atoms with E-state index in [0.717, 1.165) is 0 Å². The predicted molar refractivity (Wildman–Crippen MR) is 85.6 cm³/mol. The van der Waals surface area contributed by atoms with E-state index in [0.29, 0.717) is 23.7 Å². The molecule has 1 aromatic heterocycles. The van der Waals surface area contributed by atoms with Crippen LogP contribution in [0.4, 0.5) is 11.4 Å². The summed E-state index contributed by atoms with van der Waals surface area (Å²) in [4.78, 5) is 27.7. The molecule has 1 aliphatic rings. The fraction of sp³-hybridized carbons (Fsp3) is 0.133. The van der Waals surface area contributed by atoms with Crippen molar-refractivity contribution in [3.8, 4) is 11.5 Å². The van der Waals surface area contributed by atoms with Gasteiger partial charge in [0.1, 0.15) is 0 Å². The van der Waals surface area contributed by atoms with Gasteiger partial charge < -0.3 is 21.1 Å². The van der Waals surface area contributed by atoms with E-state index in [1.54, 1.807) is 25.1 Å². The van der Waals surface area contributed by atoms with Crippen LogP contribution in [-0.4, -0.2) is 23.3 Å². The van der Waals surface area contributed by atoms with Crippen molar-refractivity contribution in [1.82, 2.24) is 10.3 Å². The van der Waals surface area contributed by atoms with E-state index in [1.807, 2.05) is 0 Å². The highest BCUT2D eigenvalue weighted by atomic mass is 35.5. The second-order valence-electron chi connectivity index (χ2n) is 4.80. The van der Waals surface area contributed by atoms with Crippen molar-refractivity contribution in [2.24, 2.45) is 5.73 Å². The van der Waals surface area contributed by atoms with Crippen molar-refractivity contribution < 1.29 is 14.3 Å². The summed E-state index contributed by atoms with van der Waals surface area (Å²) in [6, 6.07) is 4.87. The zero-order valence-corrected chi connectivity index (χ0v) is 12.9. The van der Waals surface area contributed by atoms with Crippen LogP contribution in [-0.2, 0) is 0 Å². The number of hydrogen-bond donors (Lipinski definition) is 3. The van der Waals surface area contributed by atoms with Crippen LogP contribution in [0.15, 0.2) is 24.4 Å². The summed E-state index contributed by atoms with van der Waals surface area (Å²) in [5.41, 5.74) is 6.63. The molecule has 0 saturated carbocycles. The van der Waals surface area contributed by atoms with Gasteiger partial charge in [-0.05, 0) is 19.1 Å². The number of para-hydroxylation sites is 1. The number of nitrogens with one attached hydrogen (secondary N) is 2. The van der Waals surface area contributed by atoms with Crippen molar-refractivity contribution in [2.75, 3.05) is 11.9 Å². The highest BCUT2D eigenvalue weighted by molar-refractivity contribution is 6.31. The van der Waals surface area contributed by atoms with Gasteiger partial charge in [-0.15, -0.1) is 0 Å². The molecule has 0 aliphatic carbocycles. The van der Waals surface area contributed by atoms with Crippen LogP contribution in [0.3, 0.4) is 0 Å². The number of ether oxygens (including phenoxy) is 1. The van der Waals surface area contributed by atoms with Crippen molar-refractivity contribution in [2.45, 2.75) is 6.92 Å². The minimum Gasteiger partial charge on any atom is -0.450 e. The summed E-state index contributed by atoms with van der Waals surface area (Å²) in [6.07, 6.45) is 1.35. The summed E-state index contributed by atoms with van der Waals surface area (Å²) in [7, 11) is 0. The molecular formula is C15H13ClN4O3. The Morgan fingerprint density at radius 3 is 2.83 bits per heavy atom. The fourth-order valence-electron chi connectivity index (χ4n) is 2.30. The van der Waals surface area contributed by atoms with Gasteiger partial charge in [0.2, 0.25) is 0 Å².